The molecule has 0 radical (unpaired) electrons. The van der Waals surface area contributed by atoms with E-state index in [0.717, 1.165) is 3.58 Å². The van der Waals surface area contributed by atoms with E-state index < -0.39 is 8.32 Å². The number of amides is 2. The van der Waals surface area contributed by atoms with Crippen molar-refractivity contribution < 1.29 is 14.1 Å². The maximum absolute atomic E-state index is 12.6. The van der Waals surface area contributed by atoms with Crippen molar-refractivity contribution in [2.24, 2.45) is 0 Å². The first-order chi connectivity index (χ1) is 10.6. The average Bonchev–Trinajstić information content (AvgIpc) is 2.68. The summed E-state index contributed by atoms with van der Waals surface area (Å²) in [6, 6.07) is -0.104. The van der Waals surface area contributed by atoms with Crippen LogP contribution in [0.5, 0.6) is 0 Å². The maximum atomic E-state index is 12.6. The molecule has 7 heteroatoms. The van der Waals surface area contributed by atoms with Crippen molar-refractivity contribution in [3.63, 3.8) is 0 Å². The van der Waals surface area contributed by atoms with Gasteiger partial charge in [0.15, 0.2) is 8.32 Å². The molecule has 0 aliphatic carbocycles. The summed E-state index contributed by atoms with van der Waals surface area (Å²) in [5.74, 6) is 0. The van der Waals surface area contributed by atoms with Gasteiger partial charge in [0.05, 0.1) is 25.3 Å². The highest BCUT2D eigenvalue weighted by molar-refractivity contribution is 14.1. The van der Waals surface area contributed by atoms with Gasteiger partial charge in [0.1, 0.15) is 0 Å². The van der Waals surface area contributed by atoms with E-state index >= 15 is 0 Å². The molecular weight excluding hydrogens is 423 g/mol. The Morgan fingerprint density at radius 2 is 2.13 bits per heavy atom. The Labute approximate surface area is 153 Å². The molecule has 130 valence electrons. The van der Waals surface area contributed by atoms with Gasteiger partial charge >= 0.3 is 6.03 Å². The quantitative estimate of drug-likeness (QED) is 0.350. The minimum Gasteiger partial charge on any atom is -0.414 e. The number of hydrogen-bond acceptors (Lipinski definition) is 3. The van der Waals surface area contributed by atoms with Crippen LogP contribution in [0.2, 0.25) is 18.1 Å². The highest BCUT2D eigenvalue weighted by Crippen LogP contribution is 2.38. The van der Waals surface area contributed by atoms with Gasteiger partial charge in [-0.05, 0) is 46.8 Å². The van der Waals surface area contributed by atoms with Crippen molar-refractivity contribution in [3.05, 3.63) is 22.3 Å². The summed E-state index contributed by atoms with van der Waals surface area (Å²) >= 11 is 2.32. The molecule has 2 heterocycles. The molecule has 0 N–H and O–H groups in total. The Bertz CT molecular complexity index is 516. The zero-order chi connectivity index (χ0) is 17.4. The number of rotatable bonds is 6. The zero-order valence-corrected chi connectivity index (χ0v) is 17.8. The number of hydrogen-bond donors (Lipinski definition) is 0. The zero-order valence-electron chi connectivity index (χ0n) is 14.6. The van der Waals surface area contributed by atoms with Crippen LogP contribution < -0.4 is 0 Å². The van der Waals surface area contributed by atoms with Crippen LogP contribution in [-0.4, -0.2) is 56.2 Å². The van der Waals surface area contributed by atoms with E-state index in [1.54, 1.807) is 6.08 Å². The Kier molecular flexibility index (Phi) is 5.65. The fourth-order valence-corrected chi connectivity index (χ4v) is 4.34. The molecule has 0 saturated carbocycles. The molecule has 2 rings (SSSR count). The van der Waals surface area contributed by atoms with Gasteiger partial charge in [-0.3, -0.25) is 4.84 Å². The number of carbonyl (C=O) groups is 1. The van der Waals surface area contributed by atoms with Crippen LogP contribution in [0.4, 0.5) is 4.79 Å². The summed E-state index contributed by atoms with van der Waals surface area (Å²) in [7, 11) is -1.83. The highest BCUT2D eigenvalue weighted by Gasteiger charge is 2.46. The lowest BCUT2D eigenvalue weighted by atomic mass is 10.1. The lowest BCUT2D eigenvalue weighted by Crippen LogP contribution is -2.48. The fourth-order valence-electron chi connectivity index (χ4n) is 2.40. The first-order valence-corrected chi connectivity index (χ1v) is 11.9. The molecular formula is C16H27IN2O3Si. The minimum atomic E-state index is -1.83. The summed E-state index contributed by atoms with van der Waals surface area (Å²) in [5.41, 5.74) is 0. The molecule has 2 aliphatic heterocycles. The van der Waals surface area contributed by atoms with E-state index in [1.807, 2.05) is 4.90 Å². The topological polar surface area (TPSA) is 42.0 Å². The summed E-state index contributed by atoms with van der Waals surface area (Å²) < 4.78 is 7.49. The van der Waals surface area contributed by atoms with E-state index in [2.05, 4.69) is 69.1 Å². The number of fused-ring (bicyclic) bond motifs is 2. The Hall–Kier alpha value is -0.383. The maximum Gasteiger partial charge on any atom is 0.345 e. The molecule has 2 bridgehead atoms. The van der Waals surface area contributed by atoms with E-state index in [-0.39, 0.29) is 23.2 Å². The van der Waals surface area contributed by atoms with Crippen molar-refractivity contribution in [1.29, 1.82) is 0 Å². The molecule has 0 aromatic heterocycles. The molecule has 1 fully saturated rings. The van der Waals surface area contributed by atoms with Gasteiger partial charge in [-0.2, -0.15) is 5.06 Å². The Morgan fingerprint density at radius 3 is 2.70 bits per heavy atom. The minimum absolute atomic E-state index is 0.00851. The second kappa shape index (κ2) is 6.85. The number of hydroxylamine groups is 2. The molecule has 2 amide bonds. The molecule has 0 aromatic carbocycles. The van der Waals surface area contributed by atoms with Crippen molar-refractivity contribution in [1.82, 2.24) is 9.96 Å². The van der Waals surface area contributed by atoms with Gasteiger partial charge < -0.3 is 9.33 Å². The Morgan fingerprint density at radius 1 is 1.48 bits per heavy atom. The summed E-state index contributed by atoms with van der Waals surface area (Å²) in [6.45, 7) is 16.3. The predicted molar refractivity (Wildman–Crippen MR) is 103 cm³/mol. The smallest absolute Gasteiger partial charge is 0.345 e. The van der Waals surface area contributed by atoms with Crippen LogP contribution in [-0.2, 0) is 9.26 Å². The third-order valence-corrected chi connectivity index (χ3v) is 10.5. The van der Waals surface area contributed by atoms with Gasteiger partial charge in [0.25, 0.3) is 0 Å². The van der Waals surface area contributed by atoms with Crippen molar-refractivity contribution in [3.8, 4) is 0 Å². The van der Waals surface area contributed by atoms with Gasteiger partial charge in [-0.1, -0.05) is 26.8 Å². The number of nitrogens with zero attached hydrogens (tertiary/aromatic N) is 2. The molecule has 0 aromatic rings. The molecule has 2 atom stereocenters. The summed E-state index contributed by atoms with van der Waals surface area (Å²) in [6.07, 6.45) is 3.77. The molecule has 23 heavy (non-hydrogen) atoms. The second-order valence-corrected chi connectivity index (χ2v) is 13.6. The lowest BCUT2D eigenvalue weighted by Gasteiger charge is -2.39. The molecule has 5 nitrogen and oxygen atoms in total. The standard InChI is InChI=1S/C16H27IN2O3Si/c1-7-8-21-19-12-9-13(17)14(18(10-12)15(19)20)11-22-23(5,6)16(2,3)4/h7,9,12,14H,1,8,10-11H2,2-6H3/t12-,14-/m1/s1. The first kappa shape index (κ1) is 18.9. The van der Waals surface area contributed by atoms with Gasteiger partial charge in [-0.25, -0.2) is 4.79 Å². The number of halogens is 1. The lowest BCUT2D eigenvalue weighted by molar-refractivity contribution is -0.107. The summed E-state index contributed by atoms with van der Waals surface area (Å²) in [5, 5.41) is 1.63. The van der Waals surface area contributed by atoms with Crippen LogP contribution in [0.25, 0.3) is 0 Å². The van der Waals surface area contributed by atoms with Crippen molar-refractivity contribution >= 4 is 36.9 Å². The third-order valence-electron chi connectivity index (χ3n) is 4.91. The largest absolute Gasteiger partial charge is 0.414 e. The second-order valence-electron chi connectivity index (χ2n) is 7.55. The van der Waals surface area contributed by atoms with Crippen LogP contribution in [0, 0.1) is 0 Å². The monoisotopic (exact) mass is 450 g/mol. The van der Waals surface area contributed by atoms with Crippen molar-refractivity contribution in [2.45, 2.75) is 51.0 Å². The van der Waals surface area contributed by atoms with E-state index in [1.165, 1.54) is 5.06 Å². The number of urea groups is 1. The van der Waals surface area contributed by atoms with Crippen LogP contribution in [0.1, 0.15) is 20.8 Å². The van der Waals surface area contributed by atoms with Crippen LogP contribution in [0.3, 0.4) is 0 Å². The molecule has 0 spiro atoms. The van der Waals surface area contributed by atoms with E-state index in [4.69, 9.17) is 9.26 Å². The van der Waals surface area contributed by atoms with Crippen LogP contribution >= 0.6 is 22.6 Å². The SMILES string of the molecule is C=CCON1C(=O)N2C[C@H]1C=C(I)[C@H]2CO[Si](C)(C)C(C)(C)C. The molecule has 1 saturated heterocycles. The predicted octanol–water partition coefficient (Wildman–Crippen LogP) is 3.93. The van der Waals surface area contributed by atoms with Gasteiger partial charge in [-0.15, -0.1) is 6.58 Å². The van der Waals surface area contributed by atoms with Crippen LogP contribution in [0.15, 0.2) is 22.3 Å². The normalized spacial score (nSPS) is 25.0. The van der Waals surface area contributed by atoms with E-state index in [0.29, 0.717) is 19.8 Å². The summed E-state index contributed by atoms with van der Waals surface area (Å²) in [4.78, 5) is 20.0. The molecule has 2 aliphatic rings. The Balaban J connectivity index is 2.08. The van der Waals surface area contributed by atoms with Gasteiger partial charge in [0.2, 0.25) is 0 Å². The molecule has 0 unspecified atom stereocenters. The highest BCUT2D eigenvalue weighted by atomic mass is 127. The number of carbonyl (C=O) groups excluding carboxylic acids is 1. The third kappa shape index (κ3) is 3.83. The van der Waals surface area contributed by atoms with E-state index in [9.17, 15) is 4.79 Å². The van der Waals surface area contributed by atoms with Crippen molar-refractivity contribution in [2.75, 3.05) is 19.8 Å². The fraction of sp³-hybridized carbons (Fsp3) is 0.688. The van der Waals surface area contributed by atoms with Gasteiger partial charge in [0, 0.05) is 10.1 Å². The average molecular weight is 450 g/mol. The first-order valence-electron chi connectivity index (χ1n) is 7.93.